The summed E-state index contributed by atoms with van der Waals surface area (Å²) in [6.45, 7) is 11.1. The predicted octanol–water partition coefficient (Wildman–Crippen LogP) is 1.23. The summed E-state index contributed by atoms with van der Waals surface area (Å²) in [4.78, 5) is 62.4. The second kappa shape index (κ2) is 16.5. The topological polar surface area (TPSA) is 165 Å². The van der Waals surface area contributed by atoms with Crippen molar-refractivity contribution in [1.29, 1.82) is 0 Å². The fraction of sp³-hybridized carbons (Fsp3) is 0.607. The van der Waals surface area contributed by atoms with Gasteiger partial charge < -0.3 is 43.4 Å². The molecule has 5 atom stereocenters. The highest BCUT2D eigenvalue weighted by molar-refractivity contribution is 5.94. The Morgan fingerprint density at radius 2 is 1.43 bits per heavy atom. The van der Waals surface area contributed by atoms with Crippen molar-refractivity contribution >= 4 is 29.8 Å². The largest absolute Gasteiger partial charge is 0.493 e. The smallest absolute Gasteiger partial charge is 0.303 e. The molecule has 0 spiro atoms. The lowest BCUT2D eigenvalue weighted by molar-refractivity contribution is -0.288. The maximum atomic E-state index is 12.7. The van der Waals surface area contributed by atoms with Crippen LogP contribution in [0.2, 0.25) is 0 Å². The summed E-state index contributed by atoms with van der Waals surface area (Å²) in [6.07, 6.45) is -6.76. The van der Waals surface area contributed by atoms with Gasteiger partial charge in [-0.1, -0.05) is 13.8 Å². The van der Waals surface area contributed by atoms with Crippen LogP contribution in [0.5, 0.6) is 11.5 Å². The third-order valence-electron chi connectivity index (χ3n) is 6.23. The molecule has 1 aliphatic heterocycles. The molecule has 14 nitrogen and oxygen atoms in total. The number of nitrogens with one attached hydrogen (secondary N) is 1. The van der Waals surface area contributed by atoms with Crippen molar-refractivity contribution in [2.45, 2.75) is 72.2 Å². The van der Waals surface area contributed by atoms with Crippen molar-refractivity contribution < 1.29 is 57.1 Å². The maximum absolute atomic E-state index is 12.7. The average molecular weight is 597 g/mol. The van der Waals surface area contributed by atoms with Gasteiger partial charge >= 0.3 is 23.9 Å². The fourth-order valence-corrected chi connectivity index (χ4v) is 4.28. The van der Waals surface area contributed by atoms with Crippen LogP contribution in [0.4, 0.5) is 0 Å². The van der Waals surface area contributed by atoms with Crippen molar-refractivity contribution in [1.82, 2.24) is 10.2 Å². The van der Waals surface area contributed by atoms with E-state index in [4.69, 9.17) is 33.2 Å². The molecule has 0 aliphatic carbocycles. The average Bonchev–Trinajstić information content (AvgIpc) is 2.92. The summed E-state index contributed by atoms with van der Waals surface area (Å²) < 4.78 is 38.7. The lowest BCUT2D eigenvalue weighted by Gasteiger charge is -2.44. The second-order valence-corrected chi connectivity index (χ2v) is 9.33. The fourth-order valence-electron chi connectivity index (χ4n) is 4.28. The molecule has 5 unspecified atom stereocenters. The van der Waals surface area contributed by atoms with E-state index < -0.39 is 61.2 Å². The van der Waals surface area contributed by atoms with E-state index in [1.165, 1.54) is 32.2 Å². The van der Waals surface area contributed by atoms with Crippen LogP contribution in [0, 0.1) is 0 Å². The first-order valence-electron chi connectivity index (χ1n) is 13.6. The summed E-state index contributed by atoms with van der Waals surface area (Å²) in [7, 11) is 1.37. The molecule has 1 N–H and O–H groups in total. The van der Waals surface area contributed by atoms with Crippen LogP contribution in [0.1, 0.15) is 51.9 Å². The number of methoxy groups -OCH3 is 1. The Morgan fingerprint density at radius 3 is 1.98 bits per heavy atom. The minimum absolute atomic E-state index is 0.0955. The van der Waals surface area contributed by atoms with E-state index in [9.17, 15) is 24.0 Å². The van der Waals surface area contributed by atoms with Gasteiger partial charge in [0.25, 0.3) is 5.91 Å². The Hall–Kier alpha value is -3.91. The van der Waals surface area contributed by atoms with Crippen molar-refractivity contribution in [2.75, 3.05) is 39.9 Å². The van der Waals surface area contributed by atoms with Crippen molar-refractivity contribution in [3.8, 4) is 11.5 Å². The monoisotopic (exact) mass is 596 g/mol. The Kier molecular flexibility index (Phi) is 13.5. The normalized spacial score (nSPS) is 21.6. The van der Waals surface area contributed by atoms with Crippen LogP contribution in [-0.2, 0) is 42.9 Å². The van der Waals surface area contributed by atoms with Crippen molar-refractivity contribution in [3.05, 3.63) is 23.8 Å². The molecule has 1 aliphatic rings. The van der Waals surface area contributed by atoms with Gasteiger partial charge in [0.15, 0.2) is 23.7 Å². The number of amides is 1. The summed E-state index contributed by atoms with van der Waals surface area (Å²) in [6, 6.07) is 4.44. The van der Waals surface area contributed by atoms with Crippen LogP contribution in [0.25, 0.3) is 0 Å². The van der Waals surface area contributed by atoms with Crippen molar-refractivity contribution in [3.63, 3.8) is 0 Å². The number of benzene rings is 1. The highest BCUT2D eigenvalue weighted by Gasteiger charge is 2.53. The molecule has 0 radical (unpaired) electrons. The lowest BCUT2D eigenvalue weighted by Crippen LogP contribution is -2.63. The number of ether oxygens (including phenoxy) is 7. The number of carbonyl (C=O) groups is 5. The second-order valence-electron chi connectivity index (χ2n) is 9.33. The summed E-state index contributed by atoms with van der Waals surface area (Å²) in [5.41, 5.74) is 0.306. The Labute approximate surface area is 244 Å². The molecule has 42 heavy (non-hydrogen) atoms. The minimum atomic E-state index is -1.45. The number of rotatable bonds is 14. The van der Waals surface area contributed by atoms with Gasteiger partial charge in [-0.3, -0.25) is 24.0 Å². The zero-order valence-electron chi connectivity index (χ0n) is 25.0. The molecular formula is C28H40N2O12. The third-order valence-corrected chi connectivity index (χ3v) is 6.23. The molecule has 1 aromatic carbocycles. The first-order valence-corrected chi connectivity index (χ1v) is 13.6. The molecule has 1 saturated heterocycles. The highest BCUT2D eigenvalue weighted by atomic mass is 16.7. The zero-order valence-corrected chi connectivity index (χ0v) is 25.0. The van der Waals surface area contributed by atoms with Gasteiger partial charge in [-0.2, -0.15) is 0 Å². The van der Waals surface area contributed by atoms with Crippen LogP contribution in [-0.4, -0.2) is 105 Å². The first kappa shape index (κ1) is 34.3. The molecule has 14 heteroatoms. The SMILES string of the molecule is CCN(CC)CCNC(=O)c1ccc(OC2OC(COC(C)=O)C(OC(C)=O)C(OC(C)=O)C2OC(C)=O)c(OC)c1. The van der Waals surface area contributed by atoms with E-state index in [2.05, 4.69) is 10.2 Å². The molecule has 234 valence electrons. The van der Waals surface area contributed by atoms with Gasteiger partial charge in [0, 0.05) is 46.3 Å². The Morgan fingerprint density at radius 1 is 0.833 bits per heavy atom. The van der Waals surface area contributed by atoms with E-state index in [0.717, 1.165) is 33.9 Å². The summed E-state index contributed by atoms with van der Waals surface area (Å²) in [5, 5.41) is 2.86. The quantitative estimate of drug-likeness (QED) is 0.241. The lowest BCUT2D eigenvalue weighted by atomic mass is 9.98. The summed E-state index contributed by atoms with van der Waals surface area (Å²) in [5.74, 6) is -3.00. The predicted molar refractivity (Wildman–Crippen MR) is 146 cm³/mol. The number of likely N-dealkylation sites (N-methyl/N-ethyl adjacent to an activating group) is 1. The molecule has 0 bridgehead atoms. The van der Waals surface area contributed by atoms with Crippen LogP contribution >= 0.6 is 0 Å². The molecule has 2 rings (SSSR count). The summed E-state index contributed by atoms with van der Waals surface area (Å²) >= 11 is 0. The highest BCUT2D eigenvalue weighted by Crippen LogP contribution is 2.35. The van der Waals surface area contributed by atoms with Gasteiger partial charge in [0.05, 0.1) is 7.11 Å². The van der Waals surface area contributed by atoms with E-state index in [-0.39, 0.29) is 17.4 Å². The molecule has 1 fully saturated rings. The zero-order chi connectivity index (χ0) is 31.4. The van der Waals surface area contributed by atoms with Crippen LogP contribution in [0.3, 0.4) is 0 Å². The van der Waals surface area contributed by atoms with Crippen molar-refractivity contribution in [2.24, 2.45) is 0 Å². The van der Waals surface area contributed by atoms with Gasteiger partial charge in [0.2, 0.25) is 12.4 Å². The molecule has 0 saturated carbocycles. The van der Waals surface area contributed by atoms with Gasteiger partial charge in [-0.15, -0.1) is 0 Å². The molecular weight excluding hydrogens is 556 g/mol. The molecule has 0 aromatic heterocycles. The van der Waals surface area contributed by atoms with Gasteiger partial charge in [-0.05, 0) is 31.3 Å². The number of carbonyl (C=O) groups excluding carboxylic acids is 5. The van der Waals surface area contributed by atoms with E-state index >= 15 is 0 Å². The van der Waals surface area contributed by atoms with E-state index in [0.29, 0.717) is 18.7 Å². The van der Waals surface area contributed by atoms with Crippen LogP contribution in [0.15, 0.2) is 18.2 Å². The number of esters is 4. The Balaban J connectivity index is 2.39. The number of hydrogen-bond acceptors (Lipinski definition) is 13. The maximum Gasteiger partial charge on any atom is 0.303 e. The Bertz CT molecular complexity index is 1110. The molecule has 1 amide bonds. The van der Waals surface area contributed by atoms with Crippen LogP contribution < -0.4 is 14.8 Å². The van der Waals surface area contributed by atoms with E-state index in [1.54, 1.807) is 0 Å². The molecule has 1 aromatic rings. The van der Waals surface area contributed by atoms with Gasteiger partial charge in [0.1, 0.15) is 12.7 Å². The minimum Gasteiger partial charge on any atom is -0.493 e. The number of nitrogens with zero attached hydrogens (tertiary/aromatic N) is 1. The standard InChI is InChI=1S/C28H40N2O12/c1-8-30(9-2)13-12-29-27(35)20-10-11-21(22(14-20)36-7)41-28-26(40-19(6)34)25(39-18(5)33)24(38-17(4)32)23(42-28)15-37-16(3)31/h10-11,14,23-26,28H,8-9,12-13,15H2,1-7H3,(H,29,35). The van der Waals surface area contributed by atoms with E-state index in [1.807, 2.05) is 13.8 Å². The first-order chi connectivity index (χ1) is 19.9. The van der Waals surface area contributed by atoms with Gasteiger partial charge in [-0.25, -0.2) is 0 Å². The molecule has 1 heterocycles. The third kappa shape index (κ3) is 10.2. The number of hydrogen-bond donors (Lipinski definition) is 1.